The second-order valence-corrected chi connectivity index (χ2v) is 9.00. The van der Waals surface area contributed by atoms with Gasteiger partial charge in [-0.25, -0.2) is 4.98 Å². The van der Waals surface area contributed by atoms with Crippen LogP contribution in [-0.4, -0.2) is 34.6 Å². The Morgan fingerprint density at radius 1 is 0.939 bits per heavy atom. The third kappa shape index (κ3) is 4.71. The first-order chi connectivity index (χ1) is 16.2. The van der Waals surface area contributed by atoms with Crippen LogP contribution in [0.2, 0.25) is 0 Å². The predicted octanol–water partition coefficient (Wildman–Crippen LogP) is 5.93. The number of nitrogens with one attached hydrogen (secondary N) is 1. The van der Waals surface area contributed by atoms with E-state index in [0.717, 1.165) is 30.0 Å². The molecule has 1 aliphatic rings. The smallest absolute Gasteiger partial charge is 0.140 e. The van der Waals surface area contributed by atoms with Crippen molar-refractivity contribution in [3.63, 3.8) is 0 Å². The van der Waals surface area contributed by atoms with Gasteiger partial charge in [-0.3, -0.25) is 4.90 Å². The van der Waals surface area contributed by atoms with Gasteiger partial charge >= 0.3 is 0 Å². The summed E-state index contributed by atoms with van der Waals surface area (Å²) in [6, 6.07) is 21.9. The zero-order valence-electron chi connectivity index (χ0n) is 19.4. The standard InChI is InChI=1S/C29H32N4/c1-22(30-2)25-11-9-23(10-12-25)21-33-18-14-28-27(13-15-31-29(28)33)26-8-6-7-24(19-26)20-32-16-4-3-5-17-32/h6-15,18-19,30H,1,3-5,16-17,20-21H2,2H3. The number of hydrogen-bond donors (Lipinski definition) is 1. The molecule has 2 aromatic carbocycles. The maximum absolute atomic E-state index is 4.73. The maximum Gasteiger partial charge on any atom is 0.140 e. The van der Waals surface area contributed by atoms with Crippen molar-refractivity contribution in [1.29, 1.82) is 0 Å². The quantitative estimate of drug-likeness (QED) is 0.390. The van der Waals surface area contributed by atoms with Crippen LogP contribution in [0.3, 0.4) is 0 Å². The van der Waals surface area contributed by atoms with Crippen molar-refractivity contribution < 1.29 is 0 Å². The molecule has 0 atom stereocenters. The minimum atomic E-state index is 0.793. The van der Waals surface area contributed by atoms with Crippen molar-refractivity contribution in [3.8, 4) is 11.1 Å². The predicted molar refractivity (Wildman–Crippen MR) is 138 cm³/mol. The first kappa shape index (κ1) is 21.5. The Morgan fingerprint density at radius 2 is 1.76 bits per heavy atom. The van der Waals surface area contributed by atoms with Crippen LogP contribution in [-0.2, 0) is 13.1 Å². The van der Waals surface area contributed by atoms with Gasteiger partial charge in [-0.15, -0.1) is 0 Å². The summed E-state index contributed by atoms with van der Waals surface area (Å²) < 4.78 is 2.23. The Labute approximate surface area is 196 Å². The highest BCUT2D eigenvalue weighted by molar-refractivity contribution is 5.93. The fourth-order valence-corrected chi connectivity index (χ4v) is 4.84. The van der Waals surface area contributed by atoms with Gasteiger partial charge < -0.3 is 9.88 Å². The van der Waals surface area contributed by atoms with Gasteiger partial charge in [0.2, 0.25) is 0 Å². The monoisotopic (exact) mass is 436 g/mol. The molecule has 1 aliphatic heterocycles. The third-order valence-corrected chi connectivity index (χ3v) is 6.71. The van der Waals surface area contributed by atoms with E-state index in [0.29, 0.717) is 0 Å². The maximum atomic E-state index is 4.73. The highest BCUT2D eigenvalue weighted by Crippen LogP contribution is 2.29. The fourth-order valence-electron chi connectivity index (χ4n) is 4.84. The van der Waals surface area contributed by atoms with Crippen LogP contribution in [0, 0.1) is 0 Å². The molecular weight excluding hydrogens is 404 g/mol. The zero-order valence-corrected chi connectivity index (χ0v) is 19.4. The summed E-state index contributed by atoms with van der Waals surface area (Å²) in [7, 11) is 1.90. The molecule has 3 heterocycles. The lowest BCUT2D eigenvalue weighted by Crippen LogP contribution is -2.29. The molecule has 33 heavy (non-hydrogen) atoms. The molecule has 0 amide bonds. The third-order valence-electron chi connectivity index (χ3n) is 6.71. The van der Waals surface area contributed by atoms with Gasteiger partial charge in [-0.05, 0) is 71.9 Å². The van der Waals surface area contributed by atoms with Crippen LogP contribution in [0.5, 0.6) is 0 Å². The molecule has 0 spiro atoms. The van der Waals surface area contributed by atoms with Crippen LogP contribution in [0.4, 0.5) is 0 Å². The minimum Gasteiger partial charge on any atom is -0.388 e. The average Bonchev–Trinajstić information content (AvgIpc) is 3.27. The summed E-state index contributed by atoms with van der Waals surface area (Å²) >= 11 is 0. The average molecular weight is 437 g/mol. The number of likely N-dealkylation sites (tertiary alicyclic amines) is 1. The lowest BCUT2D eigenvalue weighted by atomic mass is 10.0. The molecular formula is C29H32N4. The van der Waals surface area contributed by atoms with Gasteiger partial charge in [-0.1, -0.05) is 55.5 Å². The number of pyridine rings is 1. The molecule has 168 valence electrons. The van der Waals surface area contributed by atoms with E-state index in [9.17, 15) is 0 Å². The zero-order chi connectivity index (χ0) is 22.6. The Hall–Kier alpha value is -3.37. The first-order valence-electron chi connectivity index (χ1n) is 11.9. The number of nitrogens with zero attached hydrogens (tertiary/aromatic N) is 3. The summed E-state index contributed by atoms with van der Waals surface area (Å²) in [6.07, 6.45) is 8.11. The lowest BCUT2D eigenvalue weighted by molar-refractivity contribution is 0.221. The van der Waals surface area contributed by atoms with Gasteiger partial charge in [0, 0.05) is 43.6 Å². The Bertz CT molecular complexity index is 1250. The van der Waals surface area contributed by atoms with Crippen LogP contribution in [0.25, 0.3) is 27.9 Å². The van der Waals surface area contributed by atoms with Crippen molar-refractivity contribution >= 4 is 16.7 Å². The normalized spacial score (nSPS) is 14.5. The van der Waals surface area contributed by atoms with Crippen molar-refractivity contribution in [3.05, 3.63) is 96.3 Å². The van der Waals surface area contributed by atoms with E-state index in [4.69, 9.17) is 4.98 Å². The van der Waals surface area contributed by atoms with Crippen LogP contribution in [0.15, 0.2) is 79.6 Å². The van der Waals surface area contributed by atoms with E-state index in [1.165, 1.54) is 60.0 Å². The van der Waals surface area contributed by atoms with Gasteiger partial charge in [0.25, 0.3) is 0 Å². The molecule has 4 nitrogen and oxygen atoms in total. The van der Waals surface area contributed by atoms with E-state index in [1.807, 2.05) is 13.2 Å². The topological polar surface area (TPSA) is 33.1 Å². The molecule has 0 unspecified atom stereocenters. The van der Waals surface area contributed by atoms with Crippen molar-refractivity contribution in [2.45, 2.75) is 32.4 Å². The second kappa shape index (κ2) is 9.63. The number of piperidine rings is 1. The second-order valence-electron chi connectivity index (χ2n) is 9.00. The molecule has 5 rings (SSSR count). The van der Waals surface area contributed by atoms with Gasteiger partial charge in [0.05, 0.1) is 0 Å². The Kier molecular flexibility index (Phi) is 6.27. The number of aromatic nitrogens is 2. The van der Waals surface area contributed by atoms with Crippen molar-refractivity contribution in [1.82, 2.24) is 19.8 Å². The molecule has 4 aromatic rings. The number of rotatable bonds is 7. The van der Waals surface area contributed by atoms with Gasteiger partial charge in [0.1, 0.15) is 5.65 Å². The van der Waals surface area contributed by atoms with Crippen molar-refractivity contribution in [2.24, 2.45) is 0 Å². The molecule has 0 bridgehead atoms. The SMILES string of the molecule is C=C(NC)c1ccc(Cn2ccc3c(-c4cccc(CN5CCCCC5)c4)ccnc32)cc1. The Morgan fingerprint density at radius 3 is 2.55 bits per heavy atom. The van der Waals surface area contributed by atoms with E-state index in [1.54, 1.807) is 0 Å². The van der Waals surface area contributed by atoms with Crippen molar-refractivity contribution in [2.75, 3.05) is 20.1 Å². The molecule has 0 saturated carbocycles. The Balaban J connectivity index is 1.40. The van der Waals surface area contributed by atoms with Gasteiger partial charge in [0.15, 0.2) is 0 Å². The molecule has 4 heteroatoms. The molecule has 2 aromatic heterocycles. The first-order valence-corrected chi connectivity index (χ1v) is 11.9. The summed E-state index contributed by atoms with van der Waals surface area (Å²) in [5.41, 5.74) is 8.23. The highest BCUT2D eigenvalue weighted by atomic mass is 15.1. The molecule has 1 N–H and O–H groups in total. The van der Waals surface area contributed by atoms with E-state index in [-0.39, 0.29) is 0 Å². The van der Waals surface area contributed by atoms with Crippen LogP contribution >= 0.6 is 0 Å². The van der Waals surface area contributed by atoms with Gasteiger partial charge in [-0.2, -0.15) is 0 Å². The molecule has 1 saturated heterocycles. The summed E-state index contributed by atoms with van der Waals surface area (Å²) in [4.78, 5) is 7.31. The summed E-state index contributed by atoms with van der Waals surface area (Å²) in [6.45, 7) is 8.31. The van der Waals surface area contributed by atoms with Crippen LogP contribution in [0.1, 0.15) is 36.0 Å². The van der Waals surface area contributed by atoms with E-state index < -0.39 is 0 Å². The molecule has 0 aliphatic carbocycles. The summed E-state index contributed by atoms with van der Waals surface area (Å²) in [5, 5.41) is 4.31. The van der Waals surface area contributed by atoms with E-state index >= 15 is 0 Å². The van der Waals surface area contributed by atoms with E-state index in [2.05, 4.69) is 88.2 Å². The summed E-state index contributed by atoms with van der Waals surface area (Å²) in [5.74, 6) is 0. The number of fused-ring (bicyclic) bond motifs is 1. The molecule has 1 fully saturated rings. The lowest BCUT2D eigenvalue weighted by Gasteiger charge is -2.26. The largest absolute Gasteiger partial charge is 0.388 e. The minimum absolute atomic E-state index is 0.793. The van der Waals surface area contributed by atoms with Crippen LogP contribution < -0.4 is 5.32 Å². The molecule has 0 radical (unpaired) electrons. The number of benzene rings is 2. The fraction of sp³-hybridized carbons (Fsp3) is 0.276. The number of hydrogen-bond acceptors (Lipinski definition) is 3. The highest BCUT2D eigenvalue weighted by Gasteiger charge is 2.13.